The predicted molar refractivity (Wildman–Crippen MR) is 108 cm³/mol. The topological polar surface area (TPSA) is 94.0 Å². The van der Waals surface area contributed by atoms with Crippen LogP contribution in [-0.4, -0.2) is 74.2 Å². The van der Waals surface area contributed by atoms with Gasteiger partial charge >= 0.3 is 0 Å². The van der Waals surface area contributed by atoms with Gasteiger partial charge in [0.2, 0.25) is 0 Å². The van der Waals surface area contributed by atoms with Crippen molar-refractivity contribution in [1.82, 2.24) is 15.5 Å². The van der Waals surface area contributed by atoms with E-state index < -0.39 is 15.9 Å². The van der Waals surface area contributed by atoms with Gasteiger partial charge < -0.3 is 15.7 Å². The van der Waals surface area contributed by atoms with E-state index in [1.165, 1.54) is 11.1 Å². The number of nitrogens with zero attached hydrogens (tertiary/aromatic N) is 2. The number of benzene rings is 1. The Labute approximate surface area is 161 Å². The number of sulfone groups is 1. The van der Waals surface area contributed by atoms with E-state index >= 15 is 0 Å². The maximum atomic E-state index is 11.6. The van der Waals surface area contributed by atoms with Crippen molar-refractivity contribution in [2.75, 3.05) is 37.7 Å². The van der Waals surface area contributed by atoms with Crippen LogP contribution in [0.2, 0.25) is 0 Å². The Bertz CT molecular complexity index is 766. The minimum atomic E-state index is -2.93. The molecule has 8 heteroatoms. The summed E-state index contributed by atoms with van der Waals surface area (Å²) in [5, 5.41) is 16.7. The highest BCUT2D eigenvalue weighted by molar-refractivity contribution is 7.91. The Kier molecular flexibility index (Phi) is 6.73. The van der Waals surface area contributed by atoms with Crippen LogP contribution < -0.4 is 10.6 Å². The molecule has 2 aliphatic rings. The fraction of sp³-hybridized carbons (Fsp3) is 0.632. The number of aliphatic imine (C=N–C) groups is 1. The van der Waals surface area contributed by atoms with Crippen molar-refractivity contribution in [2.24, 2.45) is 4.99 Å². The predicted octanol–water partition coefficient (Wildman–Crippen LogP) is 0.148. The molecule has 27 heavy (non-hydrogen) atoms. The first-order chi connectivity index (χ1) is 12.9. The number of hydrogen-bond donors (Lipinski definition) is 3. The summed E-state index contributed by atoms with van der Waals surface area (Å²) in [7, 11) is -2.93. The second-order valence-corrected chi connectivity index (χ2v) is 9.60. The van der Waals surface area contributed by atoms with Crippen LogP contribution in [0.15, 0.2) is 29.3 Å². The van der Waals surface area contributed by atoms with Gasteiger partial charge in [-0.25, -0.2) is 8.42 Å². The van der Waals surface area contributed by atoms with Gasteiger partial charge in [-0.1, -0.05) is 24.3 Å². The fourth-order valence-corrected chi connectivity index (χ4v) is 5.36. The molecule has 0 spiro atoms. The van der Waals surface area contributed by atoms with Gasteiger partial charge in [0.25, 0.3) is 0 Å². The van der Waals surface area contributed by atoms with Crippen LogP contribution in [0.5, 0.6) is 0 Å². The lowest BCUT2D eigenvalue weighted by atomic mass is 10.00. The molecule has 1 fully saturated rings. The number of β-amino-alcohol motifs (C(OH)–C–C–N with tert-alkyl or cyclic N) is 1. The molecule has 0 saturated carbocycles. The van der Waals surface area contributed by atoms with Crippen molar-refractivity contribution in [3.05, 3.63) is 35.4 Å². The normalized spacial score (nSPS) is 23.6. The third kappa shape index (κ3) is 5.92. The van der Waals surface area contributed by atoms with E-state index in [-0.39, 0.29) is 24.1 Å². The molecule has 3 N–H and O–H groups in total. The van der Waals surface area contributed by atoms with Gasteiger partial charge in [-0.15, -0.1) is 0 Å². The third-order valence-electron chi connectivity index (χ3n) is 5.06. The highest BCUT2D eigenvalue weighted by Crippen LogP contribution is 2.18. The molecule has 1 saturated heterocycles. The number of guanidine groups is 1. The lowest BCUT2D eigenvalue weighted by Crippen LogP contribution is -2.45. The molecule has 0 radical (unpaired) electrons. The van der Waals surface area contributed by atoms with Crippen LogP contribution in [0.4, 0.5) is 0 Å². The molecule has 0 amide bonds. The van der Waals surface area contributed by atoms with Gasteiger partial charge in [0.15, 0.2) is 15.8 Å². The minimum Gasteiger partial charge on any atom is -0.390 e. The van der Waals surface area contributed by atoms with Gasteiger partial charge in [0, 0.05) is 32.2 Å². The van der Waals surface area contributed by atoms with Gasteiger partial charge in [0.1, 0.15) is 0 Å². The molecule has 150 valence electrons. The van der Waals surface area contributed by atoms with Crippen LogP contribution >= 0.6 is 0 Å². The van der Waals surface area contributed by atoms with Crippen molar-refractivity contribution in [2.45, 2.75) is 38.5 Å². The zero-order valence-electron chi connectivity index (χ0n) is 15.9. The SMILES string of the molecule is CCNC(=NCC(O)CN1CCc2ccccc2C1)NC1CCS(=O)(=O)C1. The number of nitrogens with one attached hydrogen (secondary N) is 2. The minimum absolute atomic E-state index is 0.108. The Morgan fingerprint density at radius 2 is 2.15 bits per heavy atom. The zero-order chi connectivity index (χ0) is 19.3. The maximum Gasteiger partial charge on any atom is 0.191 e. The molecule has 2 heterocycles. The van der Waals surface area contributed by atoms with Gasteiger partial charge in [-0.3, -0.25) is 9.89 Å². The molecule has 3 rings (SSSR count). The largest absolute Gasteiger partial charge is 0.390 e. The Hall–Kier alpha value is -1.64. The summed E-state index contributed by atoms with van der Waals surface area (Å²) < 4.78 is 23.2. The van der Waals surface area contributed by atoms with Crippen molar-refractivity contribution < 1.29 is 13.5 Å². The average molecular weight is 395 g/mol. The molecule has 2 unspecified atom stereocenters. The monoisotopic (exact) mass is 394 g/mol. The van der Waals surface area contributed by atoms with Gasteiger partial charge in [-0.05, 0) is 30.9 Å². The van der Waals surface area contributed by atoms with Crippen LogP contribution in [0.3, 0.4) is 0 Å². The summed E-state index contributed by atoms with van der Waals surface area (Å²) in [5.41, 5.74) is 2.73. The quantitative estimate of drug-likeness (QED) is 0.470. The number of hydrogen-bond acceptors (Lipinski definition) is 5. The van der Waals surface area contributed by atoms with E-state index in [1.807, 2.05) is 6.92 Å². The molecule has 1 aromatic rings. The molecule has 7 nitrogen and oxygen atoms in total. The third-order valence-corrected chi connectivity index (χ3v) is 6.82. The maximum absolute atomic E-state index is 11.6. The molecule has 2 aliphatic heterocycles. The van der Waals surface area contributed by atoms with Gasteiger partial charge in [-0.2, -0.15) is 0 Å². The Balaban J connectivity index is 1.50. The zero-order valence-corrected chi connectivity index (χ0v) is 16.7. The summed E-state index contributed by atoms with van der Waals surface area (Å²) in [5.74, 6) is 0.943. The van der Waals surface area contributed by atoms with Gasteiger partial charge in [0.05, 0.1) is 24.2 Å². The van der Waals surface area contributed by atoms with E-state index in [0.29, 0.717) is 25.5 Å². The second-order valence-electron chi connectivity index (χ2n) is 7.37. The van der Waals surface area contributed by atoms with E-state index in [4.69, 9.17) is 0 Å². The number of aliphatic hydroxyl groups is 1. The average Bonchev–Trinajstić information content (AvgIpc) is 2.98. The summed E-state index contributed by atoms with van der Waals surface area (Å²) in [6.45, 7) is 5.31. The standard InChI is InChI=1S/C19H30N4O3S/c1-2-20-19(22-17-8-10-27(25,26)14-17)21-11-18(24)13-23-9-7-15-5-3-4-6-16(15)12-23/h3-6,17-18,24H,2,7-14H2,1H3,(H2,20,21,22). The van der Waals surface area contributed by atoms with Crippen molar-refractivity contribution in [3.8, 4) is 0 Å². The van der Waals surface area contributed by atoms with Crippen LogP contribution in [0.1, 0.15) is 24.5 Å². The fourth-order valence-electron chi connectivity index (χ4n) is 3.68. The first-order valence-corrected chi connectivity index (χ1v) is 11.5. The smallest absolute Gasteiger partial charge is 0.191 e. The van der Waals surface area contributed by atoms with Crippen LogP contribution in [0.25, 0.3) is 0 Å². The van der Waals surface area contributed by atoms with Crippen molar-refractivity contribution in [1.29, 1.82) is 0 Å². The highest BCUT2D eigenvalue weighted by atomic mass is 32.2. The number of rotatable bonds is 6. The lowest BCUT2D eigenvalue weighted by molar-refractivity contribution is 0.111. The first kappa shape index (κ1) is 20.1. The molecular weight excluding hydrogens is 364 g/mol. The molecule has 2 atom stereocenters. The lowest BCUT2D eigenvalue weighted by Gasteiger charge is -2.30. The summed E-state index contributed by atoms with van der Waals surface area (Å²) in [6, 6.07) is 8.34. The molecule has 1 aromatic carbocycles. The highest BCUT2D eigenvalue weighted by Gasteiger charge is 2.28. The molecule has 0 aliphatic carbocycles. The van der Waals surface area contributed by atoms with E-state index in [1.54, 1.807) is 0 Å². The first-order valence-electron chi connectivity index (χ1n) is 9.67. The Morgan fingerprint density at radius 1 is 1.37 bits per heavy atom. The van der Waals surface area contributed by atoms with Crippen molar-refractivity contribution in [3.63, 3.8) is 0 Å². The van der Waals surface area contributed by atoms with Crippen LogP contribution in [-0.2, 0) is 22.8 Å². The Morgan fingerprint density at radius 3 is 2.85 bits per heavy atom. The summed E-state index contributed by atoms with van der Waals surface area (Å²) in [6.07, 6.45) is 1.05. The van der Waals surface area contributed by atoms with E-state index in [0.717, 1.165) is 19.5 Å². The summed E-state index contributed by atoms with van der Waals surface area (Å²) >= 11 is 0. The molecular formula is C19H30N4O3S. The molecule has 0 bridgehead atoms. The number of fused-ring (bicyclic) bond motifs is 1. The molecule has 0 aromatic heterocycles. The summed E-state index contributed by atoms with van der Waals surface area (Å²) in [4.78, 5) is 6.71. The van der Waals surface area contributed by atoms with E-state index in [2.05, 4.69) is 44.8 Å². The van der Waals surface area contributed by atoms with E-state index in [9.17, 15) is 13.5 Å². The van der Waals surface area contributed by atoms with Crippen LogP contribution in [0, 0.1) is 0 Å². The number of aliphatic hydroxyl groups excluding tert-OH is 1. The van der Waals surface area contributed by atoms with Crippen molar-refractivity contribution >= 4 is 15.8 Å². The second kappa shape index (κ2) is 9.03.